The Hall–Kier alpha value is -1.82. The van der Waals surface area contributed by atoms with Crippen LogP contribution in [0.15, 0.2) is 41.6 Å². The van der Waals surface area contributed by atoms with E-state index in [9.17, 15) is 4.79 Å². The first-order valence-electron chi connectivity index (χ1n) is 7.85. The number of nitrogens with zero attached hydrogens (tertiary/aromatic N) is 3. The van der Waals surface area contributed by atoms with Gasteiger partial charge in [0.1, 0.15) is 0 Å². The van der Waals surface area contributed by atoms with Crippen LogP contribution < -0.4 is 5.32 Å². The molecule has 1 atom stereocenters. The largest absolute Gasteiger partial charge is 0.351 e. The van der Waals surface area contributed by atoms with Gasteiger partial charge in [-0.3, -0.25) is 4.79 Å². The zero-order valence-corrected chi connectivity index (χ0v) is 14.7. The molecular formula is C17H24N4OS. The van der Waals surface area contributed by atoms with Crippen LogP contribution in [0.2, 0.25) is 0 Å². The van der Waals surface area contributed by atoms with Crippen molar-refractivity contribution in [3.8, 4) is 0 Å². The molecule has 1 aromatic carbocycles. The number of carbonyl (C=O) groups is 1. The summed E-state index contributed by atoms with van der Waals surface area (Å²) in [5.74, 6) is 0.399. The van der Waals surface area contributed by atoms with Crippen molar-refractivity contribution in [2.75, 3.05) is 6.26 Å². The van der Waals surface area contributed by atoms with E-state index in [0.29, 0.717) is 18.9 Å². The minimum atomic E-state index is 0.0359. The molecule has 1 aromatic heterocycles. The lowest BCUT2D eigenvalue weighted by Gasteiger charge is -2.21. The Balaban J connectivity index is 1.83. The molecule has 1 amide bonds. The molecule has 1 N–H and O–H groups in total. The van der Waals surface area contributed by atoms with Gasteiger partial charge in [-0.1, -0.05) is 26.0 Å². The first-order valence-corrected chi connectivity index (χ1v) is 9.07. The van der Waals surface area contributed by atoms with Crippen LogP contribution in [0, 0.1) is 5.92 Å². The molecule has 1 heterocycles. The molecule has 5 nitrogen and oxygen atoms in total. The predicted molar refractivity (Wildman–Crippen MR) is 93.3 cm³/mol. The Morgan fingerprint density at radius 1 is 1.22 bits per heavy atom. The fraction of sp³-hybridized carbons (Fsp3) is 0.471. The molecule has 0 aliphatic carbocycles. The summed E-state index contributed by atoms with van der Waals surface area (Å²) in [6.45, 7) is 4.78. The third-order valence-corrected chi connectivity index (χ3v) is 4.52. The van der Waals surface area contributed by atoms with Crippen molar-refractivity contribution in [3.63, 3.8) is 0 Å². The first-order chi connectivity index (χ1) is 11.1. The molecule has 0 spiro atoms. The number of rotatable bonds is 8. The maximum atomic E-state index is 12.2. The van der Waals surface area contributed by atoms with Gasteiger partial charge in [0.2, 0.25) is 5.91 Å². The van der Waals surface area contributed by atoms with Gasteiger partial charge < -0.3 is 5.32 Å². The highest BCUT2D eigenvalue weighted by molar-refractivity contribution is 7.98. The SMILES string of the molecule is CSc1ccc(CCC(=O)NC(Cn2nccn2)C(C)C)cc1. The zero-order valence-electron chi connectivity index (χ0n) is 13.9. The fourth-order valence-electron chi connectivity index (χ4n) is 2.27. The van der Waals surface area contributed by atoms with Gasteiger partial charge >= 0.3 is 0 Å². The standard InChI is InChI=1S/C17H24N4OS/c1-13(2)16(12-21-18-10-11-19-21)20-17(22)9-6-14-4-7-15(23-3)8-5-14/h4-5,7-8,10-11,13,16H,6,9,12H2,1-3H3,(H,20,22). The van der Waals surface area contributed by atoms with Crippen LogP contribution in [0.4, 0.5) is 0 Å². The van der Waals surface area contributed by atoms with Crippen LogP contribution in [0.3, 0.4) is 0 Å². The van der Waals surface area contributed by atoms with E-state index in [4.69, 9.17) is 0 Å². The predicted octanol–water partition coefficient (Wildman–Crippen LogP) is 2.77. The lowest BCUT2D eigenvalue weighted by atomic mass is 10.0. The molecule has 0 aliphatic rings. The molecule has 0 saturated carbocycles. The van der Waals surface area contributed by atoms with Crippen LogP contribution in [0.25, 0.3) is 0 Å². The van der Waals surface area contributed by atoms with E-state index in [-0.39, 0.29) is 11.9 Å². The maximum absolute atomic E-state index is 12.2. The van der Waals surface area contributed by atoms with E-state index >= 15 is 0 Å². The number of benzene rings is 1. The van der Waals surface area contributed by atoms with Gasteiger partial charge in [-0.2, -0.15) is 15.0 Å². The van der Waals surface area contributed by atoms with Crippen LogP contribution in [0.5, 0.6) is 0 Å². The Bertz CT molecular complexity index is 596. The maximum Gasteiger partial charge on any atom is 0.220 e. The normalized spacial score (nSPS) is 12.3. The van der Waals surface area contributed by atoms with Gasteiger partial charge in [0.25, 0.3) is 0 Å². The summed E-state index contributed by atoms with van der Waals surface area (Å²) in [7, 11) is 0. The second kappa shape index (κ2) is 8.72. The number of aryl methyl sites for hydroxylation is 1. The van der Waals surface area contributed by atoms with E-state index < -0.39 is 0 Å². The third kappa shape index (κ3) is 5.71. The van der Waals surface area contributed by atoms with Crippen LogP contribution >= 0.6 is 11.8 Å². The number of hydrogen-bond donors (Lipinski definition) is 1. The third-order valence-electron chi connectivity index (χ3n) is 3.78. The summed E-state index contributed by atoms with van der Waals surface area (Å²) in [6, 6.07) is 8.41. The topological polar surface area (TPSA) is 59.8 Å². The van der Waals surface area contributed by atoms with Gasteiger partial charge in [0, 0.05) is 11.3 Å². The van der Waals surface area contributed by atoms with Crippen LogP contribution in [0.1, 0.15) is 25.8 Å². The van der Waals surface area contributed by atoms with E-state index in [2.05, 4.69) is 59.9 Å². The molecule has 2 rings (SSSR count). The van der Waals surface area contributed by atoms with E-state index in [1.807, 2.05) is 0 Å². The molecule has 1 unspecified atom stereocenters. The molecule has 0 radical (unpaired) electrons. The highest BCUT2D eigenvalue weighted by Crippen LogP contribution is 2.15. The summed E-state index contributed by atoms with van der Waals surface area (Å²) in [5.41, 5.74) is 1.19. The number of hydrogen-bond acceptors (Lipinski definition) is 4. The van der Waals surface area contributed by atoms with Gasteiger partial charge in [0.15, 0.2) is 0 Å². The molecule has 0 bridgehead atoms. The number of thioether (sulfide) groups is 1. The van der Waals surface area contributed by atoms with Gasteiger partial charge in [-0.25, -0.2) is 0 Å². The number of amides is 1. The van der Waals surface area contributed by atoms with E-state index in [1.54, 1.807) is 29.0 Å². The first kappa shape index (κ1) is 17.5. The summed E-state index contributed by atoms with van der Waals surface area (Å²) >= 11 is 1.72. The molecule has 124 valence electrons. The lowest BCUT2D eigenvalue weighted by molar-refractivity contribution is -0.122. The summed E-state index contributed by atoms with van der Waals surface area (Å²) in [5, 5.41) is 11.3. The zero-order chi connectivity index (χ0) is 16.7. The van der Waals surface area contributed by atoms with Crippen molar-refractivity contribution in [2.45, 2.75) is 44.2 Å². The average molecular weight is 332 g/mol. The summed E-state index contributed by atoms with van der Waals surface area (Å²) in [6.07, 6.45) is 6.61. The van der Waals surface area contributed by atoms with E-state index in [0.717, 1.165) is 6.42 Å². The van der Waals surface area contributed by atoms with Crippen molar-refractivity contribution in [2.24, 2.45) is 5.92 Å². The van der Waals surface area contributed by atoms with Gasteiger partial charge in [0.05, 0.1) is 25.0 Å². The van der Waals surface area contributed by atoms with Crippen LogP contribution in [-0.4, -0.2) is 33.2 Å². The van der Waals surface area contributed by atoms with Crippen molar-refractivity contribution in [1.29, 1.82) is 0 Å². The Morgan fingerprint density at radius 2 is 1.87 bits per heavy atom. The fourth-order valence-corrected chi connectivity index (χ4v) is 2.67. The minimum absolute atomic E-state index is 0.0359. The second-order valence-corrected chi connectivity index (χ2v) is 6.73. The molecule has 23 heavy (non-hydrogen) atoms. The highest BCUT2D eigenvalue weighted by atomic mass is 32.2. The smallest absolute Gasteiger partial charge is 0.220 e. The Kier molecular flexibility index (Phi) is 6.65. The Labute approximate surface area is 141 Å². The molecule has 0 aliphatic heterocycles. The molecule has 6 heteroatoms. The number of aromatic nitrogens is 3. The van der Waals surface area contributed by atoms with Gasteiger partial charge in [-0.15, -0.1) is 11.8 Å². The van der Waals surface area contributed by atoms with E-state index in [1.165, 1.54) is 10.5 Å². The molecule has 0 saturated heterocycles. The quantitative estimate of drug-likeness (QED) is 0.755. The van der Waals surface area contributed by atoms with Gasteiger partial charge in [-0.05, 0) is 36.3 Å². The van der Waals surface area contributed by atoms with Crippen molar-refractivity contribution >= 4 is 17.7 Å². The van der Waals surface area contributed by atoms with Crippen molar-refractivity contribution in [1.82, 2.24) is 20.3 Å². The minimum Gasteiger partial charge on any atom is -0.351 e. The average Bonchev–Trinajstić information content (AvgIpc) is 3.06. The summed E-state index contributed by atoms with van der Waals surface area (Å²) < 4.78 is 0. The lowest BCUT2D eigenvalue weighted by Crippen LogP contribution is -2.42. The number of nitrogens with one attached hydrogen (secondary N) is 1. The number of carbonyl (C=O) groups excluding carboxylic acids is 1. The Morgan fingerprint density at radius 3 is 2.43 bits per heavy atom. The van der Waals surface area contributed by atoms with Crippen LogP contribution in [-0.2, 0) is 17.8 Å². The molecule has 2 aromatic rings. The summed E-state index contributed by atoms with van der Waals surface area (Å²) in [4.78, 5) is 15.1. The monoisotopic (exact) mass is 332 g/mol. The van der Waals surface area contributed by atoms with Crippen molar-refractivity contribution in [3.05, 3.63) is 42.2 Å². The highest BCUT2D eigenvalue weighted by Gasteiger charge is 2.17. The molecule has 0 fully saturated rings. The second-order valence-electron chi connectivity index (χ2n) is 5.85. The van der Waals surface area contributed by atoms with Crippen molar-refractivity contribution < 1.29 is 4.79 Å². The molecular weight excluding hydrogens is 308 g/mol.